The van der Waals surface area contributed by atoms with Gasteiger partial charge in [-0.15, -0.1) is 0 Å². The first-order valence-corrected chi connectivity index (χ1v) is 9.96. The summed E-state index contributed by atoms with van der Waals surface area (Å²) in [5, 5.41) is 0. The van der Waals surface area contributed by atoms with E-state index in [1.807, 2.05) is 36.4 Å². The number of carbonyl (C=O) groups is 1. The molecule has 142 valence electrons. The Hall–Kier alpha value is -2.35. The highest BCUT2D eigenvalue weighted by Crippen LogP contribution is 2.43. The molecule has 3 rings (SSSR count). The van der Waals surface area contributed by atoms with Gasteiger partial charge in [-0.3, -0.25) is 0 Å². The Morgan fingerprint density at radius 2 is 1.63 bits per heavy atom. The van der Waals surface area contributed by atoms with E-state index in [2.05, 4.69) is 51.1 Å². The van der Waals surface area contributed by atoms with Crippen molar-refractivity contribution in [2.45, 2.75) is 51.6 Å². The summed E-state index contributed by atoms with van der Waals surface area (Å²) in [6.45, 7) is 6.82. The second kappa shape index (κ2) is 8.56. The normalized spacial score (nSPS) is 23.3. The van der Waals surface area contributed by atoms with E-state index in [9.17, 15) is 4.79 Å². The second-order valence-corrected chi connectivity index (χ2v) is 8.33. The van der Waals surface area contributed by atoms with Crippen LogP contribution in [0.5, 0.6) is 0 Å². The van der Waals surface area contributed by atoms with Crippen LogP contribution in [-0.2, 0) is 14.9 Å². The zero-order valence-electron chi connectivity index (χ0n) is 16.6. The van der Waals surface area contributed by atoms with Gasteiger partial charge < -0.3 is 4.74 Å². The molecule has 27 heavy (non-hydrogen) atoms. The molecule has 0 aromatic heterocycles. The Morgan fingerprint density at radius 3 is 2.30 bits per heavy atom. The molecular weight excluding hydrogens is 332 g/mol. The van der Waals surface area contributed by atoms with Crippen LogP contribution in [0, 0.1) is 11.8 Å². The molecular formula is C25H30O2. The molecule has 1 aliphatic carbocycles. The Labute approximate surface area is 163 Å². The van der Waals surface area contributed by atoms with E-state index in [-0.39, 0.29) is 17.5 Å². The van der Waals surface area contributed by atoms with E-state index in [1.54, 1.807) is 6.08 Å². The highest BCUT2D eigenvalue weighted by Gasteiger charge is 2.41. The summed E-state index contributed by atoms with van der Waals surface area (Å²) in [6.07, 6.45) is 6.55. The third-order valence-corrected chi connectivity index (χ3v) is 5.98. The van der Waals surface area contributed by atoms with Gasteiger partial charge in [0.25, 0.3) is 0 Å². The van der Waals surface area contributed by atoms with Crippen LogP contribution in [0.1, 0.15) is 51.2 Å². The van der Waals surface area contributed by atoms with Gasteiger partial charge in [-0.2, -0.15) is 0 Å². The summed E-state index contributed by atoms with van der Waals surface area (Å²) >= 11 is 0. The second-order valence-electron chi connectivity index (χ2n) is 8.33. The molecule has 1 saturated carbocycles. The Bertz CT molecular complexity index is 761. The predicted molar refractivity (Wildman–Crippen MR) is 111 cm³/mol. The van der Waals surface area contributed by atoms with Crippen molar-refractivity contribution in [3.05, 3.63) is 77.9 Å². The molecule has 0 radical (unpaired) electrons. The summed E-state index contributed by atoms with van der Waals surface area (Å²) in [6, 6.07) is 20.5. The van der Waals surface area contributed by atoms with Gasteiger partial charge in [0.05, 0.1) is 0 Å². The van der Waals surface area contributed by atoms with E-state index < -0.39 is 0 Å². The lowest BCUT2D eigenvalue weighted by Crippen LogP contribution is -2.43. The number of hydrogen-bond donors (Lipinski definition) is 0. The summed E-state index contributed by atoms with van der Waals surface area (Å²) in [7, 11) is 0. The van der Waals surface area contributed by atoms with E-state index >= 15 is 0 Å². The fourth-order valence-electron chi connectivity index (χ4n) is 4.28. The molecule has 2 nitrogen and oxygen atoms in total. The first kappa shape index (κ1) is 19.4. The molecule has 2 aromatic rings. The van der Waals surface area contributed by atoms with Gasteiger partial charge >= 0.3 is 5.97 Å². The standard InChI is InChI=1S/C25H30O2/c1-19-14-16-22(25(2,3)21-12-8-5-9-13-21)23(18-19)27-24(26)17-15-20-10-6-4-7-11-20/h4-13,15,17,19,22-23H,14,16,18H2,1-3H3/b17-15+/t19-,22-,23-/m1/s1. The average molecular weight is 363 g/mol. The summed E-state index contributed by atoms with van der Waals surface area (Å²) in [4.78, 5) is 12.5. The topological polar surface area (TPSA) is 26.3 Å². The zero-order chi connectivity index (χ0) is 19.3. The quantitative estimate of drug-likeness (QED) is 0.480. The van der Waals surface area contributed by atoms with Crippen molar-refractivity contribution in [2.24, 2.45) is 11.8 Å². The van der Waals surface area contributed by atoms with Crippen LogP contribution in [0.3, 0.4) is 0 Å². The molecule has 0 amide bonds. The minimum atomic E-state index is -0.244. The molecule has 0 aliphatic heterocycles. The minimum absolute atomic E-state index is 0.0323. The third kappa shape index (κ3) is 4.88. The van der Waals surface area contributed by atoms with Crippen molar-refractivity contribution in [1.29, 1.82) is 0 Å². The molecule has 0 heterocycles. The third-order valence-electron chi connectivity index (χ3n) is 5.98. The Kier molecular flexibility index (Phi) is 6.15. The van der Waals surface area contributed by atoms with Crippen LogP contribution >= 0.6 is 0 Å². The Morgan fingerprint density at radius 1 is 1.00 bits per heavy atom. The van der Waals surface area contributed by atoms with Crippen molar-refractivity contribution in [1.82, 2.24) is 0 Å². The smallest absolute Gasteiger partial charge is 0.331 e. The molecule has 1 aliphatic rings. The number of hydrogen-bond acceptors (Lipinski definition) is 2. The van der Waals surface area contributed by atoms with Crippen molar-refractivity contribution in [3.63, 3.8) is 0 Å². The highest BCUT2D eigenvalue weighted by atomic mass is 16.5. The first-order chi connectivity index (χ1) is 13.0. The lowest BCUT2D eigenvalue weighted by Gasteiger charge is -2.43. The summed E-state index contributed by atoms with van der Waals surface area (Å²) in [5.74, 6) is 0.667. The lowest BCUT2D eigenvalue weighted by atomic mass is 9.64. The van der Waals surface area contributed by atoms with Crippen molar-refractivity contribution in [3.8, 4) is 0 Å². The van der Waals surface area contributed by atoms with E-state index in [0.29, 0.717) is 11.8 Å². The van der Waals surface area contributed by atoms with Crippen molar-refractivity contribution >= 4 is 12.0 Å². The van der Waals surface area contributed by atoms with Gasteiger partial charge in [0, 0.05) is 12.0 Å². The number of benzene rings is 2. The number of rotatable bonds is 5. The summed E-state index contributed by atoms with van der Waals surface area (Å²) < 4.78 is 5.98. The van der Waals surface area contributed by atoms with Gasteiger partial charge in [-0.1, -0.05) is 87.9 Å². The van der Waals surface area contributed by atoms with Crippen LogP contribution in [0.4, 0.5) is 0 Å². The minimum Gasteiger partial charge on any atom is -0.459 e. The number of esters is 1. The molecule has 0 spiro atoms. The number of ether oxygens (including phenoxy) is 1. The molecule has 2 aromatic carbocycles. The fourth-order valence-corrected chi connectivity index (χ4v) is 4.28. The molecule has 0 bridgehead atoms. The highest BCUT2D eigenvalue weighted by molar-refractivity contribution is 5.87. The van der Waals surface area contributed by atoms with Crippen molar-refractivity contribution < 1.29 is 9.53 Å². The predicted octanol–water partition coefficient (Wildman–Crippen LogP) is 6.03. The van der Waals surface area contributed by atoms with Crippen LogP contribution in [0.15, 0.2) is 66.7 Å². The maximum atomic E-state index is 12.5. The monoisotopic (exact) mass is 362 g/mol. The molecule has 0 N–H and O–H groups in total. The first-order valence-electron chi connectivity index (χ1n) is 9.96. The van der Waals surface area contributed by atoms with Gasteiger partial charge in [0.1, 0.15) is 6.10 Å². The maximum Gasteiger partial charge on any atom is 0.331 e. The van der Waals surface area contributed by atoms with Crippen LogP contribution in [0.2, 0.25) is 0 Å². The molecule has 1 fully saturated rings. The molecule has 0 saturated heterocycles. The fraction of sp³-hybridized carbons (Fsp3) is 0.400. The number of carbonyl (C=O) groups excluding carboxylic acids is 1. The van der Waals surface area contributed by atoms with Crippen LogP contribution in [-0.4, -0.2) is 12.1 Å². The van der Waals surface area contributed by atoms with Crippen LogP contribution in [0.25, 0.3) is 6.08 Å². The van der Waals surface area contributed by atoms with Crippen LogP contribution < -0.4 is 0 Å². The molecule has 0 unspecified atom stereocenters. The van der Waals surface area contributed by atoms with Gasteiger partial charge in [0.15, 0.2) is 0 Å². The SMILES string of the molecule is C[C@@H]1CC[C@@H](C(C)(C)c2ccccc2)[C@H](OC(=O)/C=C/c2ccccc2)C1. The Balaban J connectivity index is 1.74. The largest absolute Gasteiger partial charge is 0.459 e. The van der Waals surface area contributed by atoms with Gasteiger partial charge in [-0.05, 0) is 41.4 Å². The van der Waals surface area contributed by atoms with E-state index in [0.717, 1.165) is 18.4 Å². The molecule has 2 heteroatoms. The maximum absolute atomic E-state index is 12.5. The van der Waals surface area contributed by atoms with E-state index in [4.69, 9.17) is 4.74 Å². The lowest BCUT2D eigenvalue weighted by molar-refractivity contribution is -0.150. The summed E-state index contributed by atoms with van der Waals surface area (Å²) in [5.41, 5.74) is 2.29. The molecule has 3 atom stereocenters. The van der Waals surface area contributed by atoms with Gasteiger partial charge in [0.2, 0.25) is 0 Å². The van der Waals surface area contributed by atoms with E-state index in [1.165, 1.54) is 12.0 Å². The average Bonchev–Trinajstić information content (AvgIpc) is 2.68. The zero-order valence-corrected chi connectivity index (χ0v) is 16.6. The van der Waals surface area contributed by atoms with Gasteiger partial charge in [-0.25, -0.2) is 4.79 Å². The van der Waals surface area contributed by atoms with Crippen molar-refractivity contribution in [2.75, 3.05) is 0 Å².